The molecule has 2 aliphatic carbocycles. The summed E-state index contributed by atoms with van der Waals surface area (Å²) in [6.07, 6.45) is -0.112. The molecular weight excluding hydrogens is 833 g/mol. The van der Waals surface area contributed by atoms with Crippen molar-refractivity contribution in [2.45, 2.75) is 101 Å². The molecule has 0 fully saturated rings. The molecule has 66 heavy (non-hydrogen) atoms. The minimum Gasteiger partial charge on any atom is -0.467 e. The number of carbonyl (C=O) groups excluding carboxylic acids is 6. The molecule has 0 spiro atoms. The molecule has 0 unspecified atom stereocenters. The van der Waals surface area contributed by atoms with Crippen LogP contribution >= 0.6 is 0 Å². The lowest BCUT2D eigenvalue weighted by molar-refractivity contribution is -0.146. The second kappa shape index (κ2) is 18.4. The van der Waals surface area contributed by atoms with E-state index in [2.05, 4.69) is 21.3 Å². The van der Waals surface area contributed by atoms with Crippen LogP contribution in [0.4, 0.5) is 0 Å². The van der Waals surface area contributed by atoms with E-state index in [1.165, 1.54) is 14.2 Å². The zero-order valence-corrected chi connectivity index (χ0v) is 38.8. The molecule has 0 radical (unpaired) electrons. The van der Waals surface area contributed by atoms with E-state index < -0.39 is 69.6 Å². The van der Waals surface area contributed by atoms with Crippen molar-refractivity contribution in [2.24, 2.45) is 0 Å². The number of amides is 4. The van der Waals surface area contributed by atoms with Gasteiger partial charge in [-0.15, -0.1) is 0 Å². The monoisotopic (exact) mass is 890 g/mol. The minimum atomic E-state index is -1.43. The summed E-state index contributed by atoms with van der Waals surface area (Å²) >= 11 is 0. The number of carbonyl (C=O) groups is 6. The van der Waals surface area contributed by atoms with Crippen molar-refractivity contribution in [1.82, 2.24) is 21.3 Å². The molecule has 0 aromatic heterocycles. The molecule has 4 amide bonds. The maximum absolute atomic E-state index is 15.4. The summed E-state index contributed by atoms with van der Waals surface area (Å²) in [5.41, 5.74) is 0.495. The number of benzene rings is 5. The molecule has 342 valence electrons. The summed E-state index contributed by atoms with van der Waals surface area (Å²) in [7, 11) is 2.52. The number of rotatable bonds is 12. The lowest BCUT2D eigenvalue weighted by atomic mass is 9.75. The van der Waals surface area contributed by atoms with Crippen molar-refractivity contribution in [3.8, 4) is 0 Å². The average molecular weight is 891 g/mol. The van der Waals surface area contributed by atoms with Crippen LogP contribution in [-0.2, 0) is 65.2 Å². The fourth-order valence-electron chi connectivity index (χ4n) is 9.56. The van der Waals surface area contributed by atoms with Crippen LogP contribution in [0, 0.1) is 0 Å². The molecule has 12 heteroatoms. The third kappa shape index (κ3) is 9.22. The van der Waals surface area contributed by atoms with Crippen molar-refractivity contribution < 1.29 is 38.2 Å². The second-order valence-electron chi connectivity index (χ2n) is 19.4. The Balaban J connectivity index is 1.48. The van der Waals surface area contributed by atoms with Gasteiger partial charge in [-0.1, -0.05) is 121 Å². The van der Waals surface area contributed by atoms with Gasteiger partial charge in [-0.05, 0) is 112 Å². The zero-order valence-electron chi connectivity index (χ0n) is 38.8. The normalized spacial score (nSPS) is 15.5. The van der Waals surface area contributed by atoms with Crippen LogP contribution in [-0.4, -0.2) is 60.9 Å². The molecule has 4 N–H and O–H groups in total. The van der Waals surface area contributed by atoms with E-state index in [0.29, 0.717) is 44.5 Å². The second-order valence-corrected chi connectivity index (χ2v) is 19.4. The van der Waals surface area contributed by atoms with Gasteiger partial charge >= 0.3 is 11.9 Å². The van der Waals surface area contributed by atoms with Crippen LogP contribution in [0.1, 0.15) is 119 Å². The number of fused-ring (bicyclic) bond motifs is 2. The summed E-state index contributed by atoms with van der Waals surface area (Å²) in [5, 5.41) is 12.4. The van der Waals surface area contributed by atoms with Crippen molar-refractivity contribution in [3.05, 3.63) is 177 Å². The van der Waals surface area contributed by atoms with Crippen molar-refractivity contribution in [3.63, 3.8) is 0 Å². The minimum absolute atomic E-state index is 0.0280. The summed E-state index contributed by atoms with van der Waals surface area (Å²) < 4.78 is 10.4. The number of esters is 2. The van der Waals surface area contributed by atoms with Crippen LogP contribution in [0.15, 0.2) is 121 Å². The standard InChI is InChI=1S/C54H58N4O8/c1-51(2,3)57-45(59)41-37-29-53(35-25-17-11-18-26-35,49(63)55-43(47(61)65-7)33-21-13-9-14-22-33)31-39(37)42(46(60)58-52(4,5)6)40-32-54(30-38(40)41,36-27-19-12-20-28-36)50(64)56-44(48(62)66-8)34-23-15-10-16-24-34/h9-28,43-44H,29-32H2,1-8H3,(H,55,63)(H,56,64)(H,57,59)(H,58,60)/t43-,44-,53?,54?/m0/s1. The maximum atomic E-state index is 15.4. The molecule has 0 saturated heterocycles. The van der Waals surface area contributed by atoms with Gasteiger partial charge in [-0.2, -0.15) is 0 Å². The lowest BCUT2D eigenvalue weighted by Crippen LogP contribution is -2.49. The van der Waals surface area contributed by atoms with Crippen molar-refractivity contribution >= 4 is 35.6 Å². The first-order valence-corrected chi connectivity index (χ1v) is 22.2. The van der Waals surface area contributed by atoms with E-state index in [0.717, 1.165) is 0 Å². The number of ether oxygens (including phenoxy) is 2. The molecule has 0 heterocycles. The molecule has 5 aromatic rings. The third-order valence-electron chi connectivity index (χ3n) is 12.5. The largest absolute Gasteiger partial charge is 0.467 e. The number of hydrogen-bond acceptors (Lipinski definition) is 8. The predicted octanol–water partition coefficient (Wildman–Crippen LogP) is 6.88. The maximum Gasteiger partial charge on any atom is 0.333 e. The predicted molar refractivity (Wildman–Crippen MR) is 251 cm³/mol. The summed E-state index contributed by atoms with van der Waals surface area (Å²) in [5.74, 6) is -3.19. The van der Waals surface area contributed by atoms with E-state index in [4.69, 9.17) is 9.47 Å². The summed E-state index contributed by atoms with van der Waals surface area (Å²) in [6.45, 7) is 11.2. The van der Waals surface area contributed by atoms with Crippen LogP contribution in [0.25, 0.3) is 0 Å². The van der Waals surface area contributed by atoms with Gasteiger partial charge in [0.05, 0.1) is 25.0 Å². The highest BCUT2D eigenvalue weighted by molar-refractivity contribution is 6.07. The molecule has 2 atom stereocenters. The topological polar surface area (TPSA) is 169 Å². The van der Waals surface area contributed by atoms with Crippen LogP contribution in [0.2, 0.25) is 0 Å². The Hall–Kier alpha value is -7.08. The Bertz CT molecular complexity index is 2430. The van der Waals surface area contributed by atoms with Crippen LogP contribution < -0.4 is 21.3 Å². The highest BCUT2D eigenvalue weighted by Crippen LogP contribution is 2.51. The molecular formula is C54H58N4O8. The highest BCUT2D eigenvalue weighted by atomic mass is 16.5. The molecule has 0 aliphatic heterocycles. The van der Waals surface area contributed by atoms with Crippen molar-refractivity contribution in [2.75, 3.05) is 14.2 Å². The van der Waals surface area contributed by atoms with Gasteiger partial charge in [0.25, 0.3) is 11.8 Å². The van der Waals surface area contributed by atoms with Crippen LogP contribution in [0.5, 0.6) is 0 Å². The van der Waals surface area contributed by atoms with Crippen LogP contribution in [0.3, 0.4) is 0 Å². The van der Waals surface area contributed by atoms with E-state index in [1.807, 2.05) is 114 Å². The molecule has 7 rings (SSSR count). The Labute approximate surface area is 386 Å². The highest BCUT2D eigenvalue weighted by Gasteiger charge is 2.55. The molecule has 0 saturated carbocycles. The Morgan fingerprint density at radius 1 is 0.455 bits per heavy atom. The van der Waals surface area contributed by atoms with Gasteiger partial charge in [0.1, 0.15) is 0 Å². The summed E-state index contributed by atoms with van der Waals surface area (Å²) in [4.78, 5) is 88.0. The first-order chi connectivity index (χ1) is 31.3. The fraction of sp³-hybridized carbons (Fsp3) is 0.333. The van der Waals surface area contributed by atoms with Crippen molar-refractivity contribution in [1.29, 1.82) is 0 Å². The average Bonchev–Trinajstić information content (AvgIpc) is 3.89. The Morgan fingerprint density at radius 3 is 0.985 bits per heavy atom. The van der Waals surface area contributed by atoms with E-state index in [-0.39, 0.29) is 36.8 Å². The molecule has 2 aliphatic rings. The molecule has 5 aromatic carbocycles. The summed E-state index contributed by atoms with van der Waals surface area (Å²) in [6, 6.07) is 33.6. The number of nitrogens with one attached hydrogen (secondary N) is 4. The Morgan fingerprint density at radius 2 is 0.727 bits per heavy atom. The van der Waals surface area contributed by atoms with E-state index >= 15 is 19.2 Å². The first-order valence-electron chi connectivity index (χ1n) is 22.2. The fourth-order valence-corrected chi connectivity index (χ4v) is 9.56. The van der Waals surface area contributed by atoms with Gasteiger partial charge in [-0.3, -0.25) is 19.2 Å². The van der Waals surface area contributed by atoms with Gasteiger partial charge in [0, 0.05) is 22.2 Å². The first kappa shape index (κ1) is 46.9. The van der Waals surface area contributed by atoms with Gasteiger partial charge < -0.3 is 30.7 Å². The molecule has 0 bridgehead atoms. The third-order valence-corrected chi connectivity index (χ3v) is 12.5. The number of hydrogen-bond donors (Lipinski definition) is 4. The SMILES string of the molecule is COC(=O)[C@@H](NC(=O)C1(c2ccccc2)Cc2c(c(C(=O)NC(C)(C)C)c3c(c2C(=O)NC(C)(C)C)CC(C(=O)N[C@H](C(=O)OC)c2ccccc2)(c2ccccc2)C3)C1)c1ccccc1. The zero-order chi connectivity index (χ0) is 47.6. The van der Waals surface area contributed by atoms with Gasteiger partial charge in [0.15, 0.2) is 12.1 Å². The molecule has 12 nitrogen and oxygen atoms in total. The smallest absolute Gasteiger partial charge is 0.333 e. The lowest BCUT2D eigenvalue weighted by Gasteiger charge is -2.31. The van der Waals surface area contributed by atoms with E-state index in [9.17, 15) is 9.59 Å². The van der Waals surface area contributed by atoms with E-state index in [1.54, 1.807) is 48.5 Å². The quantitative estimate of drug-likeness (QED) is 0.0984. The number of methoxy groups -OCH3 is 2. The Kier molecular flexibility index (Phi) is 13.1. The van der Waals surface area contributed by atoms with Gasteiger partial charge in [0.2, 0.25) is 11.8 Å². The van der Waals surface area contributed by atoms with Gasteiger partial charge in [-0.25, -0.2) is 9.59 Å².